The number of ether oxygens (including phenoxy) is 1. The molecule has 166 valence electrons. The van der Waals surface area contributed by atoms with Crippen LogP contribution in [0.1, 0.15) is 32.8 Å². The molecule has 0 saturated carbocycles. The molecule has 31 heavy (non-hydrogen) atoms. The number of nitrogens with zero attached hydrogens (tertiary/aromatic N) is 1. The fourth-order valence-corrected chi connectivity index (χ4v) is 4.78. The van der Waals surface area contributed by atoms with Crippen molar-refractivity contribution >= 4 is 33.2 Å². The first-order valence-electron chi connectivity index (χ1n) is 10.2. The highest BCUT2D eigenvalue weighted by Crippen LogP contribution is 2.33. The zero-order chi connectivity index (χ0) is 22.6. The second kappa shape index (κ2) is 9.49. The molecule has 3 rings (SSSR count). The number of amides is 2. The van der Waals surface area contributed by atoms with Crippen LogP contribution in [0.3, 0.4) is 0 Å². The Morgan fingerprint density at radius 3 is 2.65 bits per heavy atom. The Morgan fingerprint density at radius 1 is 1.19 bits per heavy atom. The van der Waals surface area contributed by atoms with Gasteiger partial charge < -0.3 is 15.0 Å². The van der Waals surface area contributed by atoms with Gasteiger partial charge in [-0.2, -0.15) is 0 Å². The number of para-hydroxylation sites is 2. The first-order chi connectivity index (χ1) is 14.7. The Kier molecular flexibility index (Phi) is 6.97. The smallest absolute Gasteiger partial charge is 0.240 e. The molecule has 2 N–H and O–H groups in total. The van der Waals surface area contributed by atoms with E-state index in [0.29, 0.717) is 24.5 Å². The van der Waals surface area contributed by atoms with Crippen LogP contribution in [0.2, 0.25) is 0 Å². The van der Waals surface area contributed by atoms with Gasteiger partial charge in [-0.05, 0) is 56.2 Å². The Hall–Kier alpha value is -2.91. The number of rotatable bonds is 8. The Balaban J connectivity index is 1.61. The molecule has 2 aromatic carbocycles. The van der Waals surface area contributed by atoms with E-state index in [2.05, 4.69) is 10.0 Å². The summed E-state index contributed by atoms with van der Waals surface area (Å²) in [6.07, 6.45) is 0.569. The van der Waals surface area contributed by atoms with Crippen molar-refractivity contribution in [2.24, 2.45) is 0 Å². The van der Waals surface area contributed by atoms with Crippen molar-refractivity contribution in [3.05, 3.63) is 48.0 Å². The Morgan fingerprint density at radius 2 is 1.94 bits per heavy atom. The van der Waals surface area contributed by atoms with Gasteiger partial charge in [0.2, 0.25) is 21.8 Å². The second-order valence-electron chi connectivity index (χ2n) is 7.36. The summed E-state index contributed by atoms with van der Waals surface area (Å²) in [7, 11) is -3.78. The SMILES string of the molecule is CCOc1ccccc1NC(=O)CCNS(=O)(=O)c1ccc2c(c1)CC(C)N2C(C)=O. The summed E-state index contributed by atoms with van der Waals surface area (Å²) < 4.78 is 33.3. The highest BCUT2D eigenvalue weighted by atomic mass is 32.2. The number of hydrogen-bond donors (Lipinski definition) is 2. The third-order valence-electron chi connectivity index (χ3n) is 5.02. The molecule has 0 spiro atoms. The average molecular weight is 446 g/mol. The lowest BCUT2D eigenvalue weighted by Crippen LogP contribution is -2.33. The number of nitrogens with one attached hydrogen (secondary N) is 2. The maximum absolute atomic E-state index is 12.7. The number of carbonyl (C=O) groups excluding carboxylic acids is 2. The summed E-state index contributed by atoms with van der Waals surface area (Å²) in [6, 6.07) is 11.8. The molecule has 8 nitrogen and oxygen atoms in total. The predicted octanol–water partition coefficient (Wildman–Crippen LogP) is 2.69. The van der Waals surface area contributed by atoms with Crippen molar-refractivity contribution in [1.29, 1.82) is 0 Å². The van der Waals surface area contributed by atoms with E-state index in [1.807, 2.05) is 19.9 Å². The van der Waals surface area contributed by atoms with Crippen LogP contribution in [0.15, 0.2) is 47.4 Å². The summed E-state index contributed by atoms with van der Waals surface area (Å²) in [5.41, 5.74) is 2.10. The zero-order valence-corrected chi connectivity index (χ0v) is 18.7. The largest absolute Gasteiger partial charge is 0.492 e. The minimum Gasteiger partial charge on any atom is -0.492 e. The number of hydrogen-bond acceptors (Lipinski definition) is 5. The van der Waals surface area contributed by atoms with E-state index in [1.165, 1.54) is 13.0 Å². The summed E-state index contributed by atoms with van der Waals surface area (Å²) >= 11 is 0. The van der Waals surface area contributed by atoms with E-state index in [4.69, 9.17) is 4.74 Å². The highest BCUT2D eigenvalue weighted by Gasteiger charge is 2.30. The molecule has 1 unspecified atom stereocenters. The molecule has 2 amide bonds. The molecular weight excluding hydrogens is 418 g/mol. The lowest BCUT2D eigenvalue weighted by Gasteiger charge is -2.20. The number of carbonyl (C=O) groups is 2. The Labute approximate surface area is 182 Å². The van der Waals surface area contributed by atoms with Crippen LogP contribution in [-0.4, -0.2) is 39.4 Å². The molecule has 1 aliphatic heterocycles. The number of anilines is 2. The van der Waals surface area contributed by atoms with E-state index in [1.54, 1.807) is 35.2 Å². The molecule has 1 aliphatic rings. The van der Waals surface area contributed by atoms with E-state index >= 15 is 0 Å². The Bertz CT molecular complexity index is 1080. The maximum atomic E-state index is 12.7. The van der Waals surface area contributed by atoms with Gasteiger partial charge in [-0.3, -0.25) is 9.59 Å². The van der Waals surface area contributed by atoms with Gasteiger partial charge in [0, 0.05) is 31.6 Å². The van der Waals surface area contributed by atoms with E-state index in [0.717, 1.165) is 11.3 Å². The van der Waals surface area contributed by atoms with E-state index in [-0.39, 0.29) is 35.7 Å². The monoisotopic (exact) mass is 445 g/mol. The highest BCUT2D eigenvalue weighted by molar-refractivity contribution is 7.89. The van der Waals surface area contributed by atoms with Crippen LogP contribution >= 0.6 is 0 Å². The van der Waals surface area contributed by atoms with Crippen molar-refractivity contribution in [3.8, 4) is 5.75 Å². The van der Waals surface area contributed by atoms with Crippen molar-refractivity contribution in [2.45, 2.75) is 44.6 Å². The topological polar surface area (TPSA) is 105 Å². The van der Waals surface area contributed by atoms with Crippen LogP contribution in [0, 0.1) is 0 Å². The lowest BCUT2D eigenvalue weighted by molar-refractivity contribution is -0.117. The van der Waals surface area contributed by atoms with Crippen molar-refractivity contribution < 1.29 is 22.7 Å². The molecule has 0 aliphatic carbocycles. The van der Waals surface area contributed by atoms with Gasteiger partial charge in [0.15, 0.2) is 0 Å². The molecule has 9 heteroatoms. The number of fused-ring (bicyclic) bond motifs is 1. The van der Waals surface area contributed by atoms with Gasteiger partial charge in [0.25, 0.3) is 0 Å². The van der Waals surface area contributed by atoms with Gasteiger partial charge in [0.1, 0.15) is 5.75 Å². The summed E-state index contributed by atoms with van der Waals surface area (Å²) in [5.74, 6) is 0.164. The molecule has 0 aromatic heterocycles. The summed E-state index contributed by atoms with van der Waals surface area (Å²) in [5, 5.41) is 2.74. The van der Waals surface area contributed by atoms with Crippen LogP contribution in [-0.2, 0) is 26.0 Å². The standard InChI is InChI=1S/C22H27N3O5S/c1-4-30-21-8-6-5-7-19(21)24-22(27)11-12-23-31(28,29)18-9-10-20-17(14-18)13-15(2)25(20)16(3)26/h5-10,14-15,23H,4,11-13H2,1-3H3,(H,24,27). The molecular formula is C22H27N3O5S. The minimum atomic E-state index is -3.78. The summed E-state index contributed by atoms with van der Waals surface area (Å²) in [6.45, 7) is 5.70. The van der Waals surface area contributed by atoms with Crippen molar-refractivity contribution in [2.75, 3.05) is 23.4 Å². The summed E-state index contributed by atoms with van der Waals surface area (Å²) in [4.78, 5) is 25.9. The van der Waals surface area contributed by atoms with Gasteiger partial charge in [-0.1, -0.05) is 12.1 Å². The van der Waals surface area contributed by atoms with Gasteiger partial charge in [-0.25, -0.2) is 13.1 Å². The third kappa shape index (κ3) is 5.23. The first-order valence-corrected chi connectivity index (χ1v) is 11.6. The number of sulfonamides is 1. The molecule has 1 atom stereocenters. The second-order valence-corrected chi connectivity index (χ2v) is 9.12. The van der Waals surface area contributed by atoms with Crippen LogP contribution in [0.4, 0.5) is 11.4 Å². The average Bonchev–Trinajstić information content (AvgIpc) is 3.04. The lowest BCUT2D eigenvalue weighted by atomic mass is 10.1. The van der Waals surface area contributed by atoms with Crippen LogP contribution in [0.5, 0.6) is 5.75 Å². The van der Waals surface area contributed by atoms with Crippen LogP contribution in [0.25, 0.3) is 0 Å². The molecule has 0 fully saturated rings. The number of benzene rings is 2. The molecule has 0 radical (unpaired) electrons. The maximum Gasteiger partial charge on any atom is 0.240 e. The molecule has 0 saturated heterocycles. The quantitative estimate of drug-likeness (QED) is 0.650. The first kappa shape index (κ1) is 22.8. The van der Waals surface area contributed by atoms with Gasteiger partial charge >= 0.3 is 0 Å². The normalized spacial score (nSPS) is 15.5. The minimum absolute atomic E-state index is 0.0123. The van der Waals surface area contributed by atoms with Gasteiger partial charge in [0.05, 0.1) is 17.2 Å². The molecule has 2 aromatic rings. The van der Waals surface area contributed by atoms with Gasteiger partial charge in [-0.15, -0.1) is 0 Å². The molecule has 0 bridgehead atoms. The fourth-order valence-electron chi connectivity index (χ4n) is 3.70. The van der Waals surface area contributed by atoms with Crippen LogP contribution < -0.4 is 19.7 Å². The zero-order valence-electron chi connectivity index (χ0n) is 17.8. The third-order valence-corrected chi connectivity index (χ3v) is 6.48. The van der Waals surface area contributed by atoms with E-state index < -0.39 is 10.0 Å². The molecule has 1 heterocycles. The van der Waals surface area contributed by atoms with Crippen molar-refractivity contribution in [3.63, 3.8) is 0 Å². The van der Waals surface area contributed by atoms with Crippen molar-refractivity contribution in [1.82, 2.24) is 4.72 Å². The van der Waals surface area contributed by atoms with E-state index in [9.17, 15) is 18.0 Å². The fraction of sp³-hybridized carbons (Fsp3) is 0.364. The predicted molar refractivity (Wildman–Crippen MR) is 119 cm³/mol.